The molecule has 0 aromatic heterocycles. The fourth-order valence-corrected chi connectivity index (χ4v) is 3.15. The number of nitrogens with one attached hydrogen (secondary N) is 2. The normalized spacial score (nSPS) is 13.2. The number of fused-ring (bicyclic) bond motifs is 1. The van der Waals surface area contributed by atoms with E-state index in [0.29, 0.717) is 36.8 Å². The fourth-order valence-electron chi connectivity index (χ4n) is 3.15. The van der Waals surface area contributed by atoms with Crippen molar-refractivity contribution in [3.63, 3.8) is 0 Å². The van der Waals surface area contributed by atoms with Crippen LogP contribution in [0.1, 0.15) is 41.8 Å². The summed E-state index contributed by atoms with van der Waals surface area (Å²) in [6.45, 7) is 6.26. The number of anilines is 1. The lowest BCUT2D eigenvalue weighted by Gasteiger charge is -2.29. The number of rotatable bonds is 5. The van der Waals surface area contributed by atoms with Gasteiger partial charge in [-0.1, -0.05) is 38.1 Å². The first-order chi connectivity index (χ1) is 13.0. The van der Waals surface area contributed by atoms with Crippen LogP contribution < -0.4 is 10.6 Å². The molecule has 0 unspecified atom stereocenters. The van der Waals surface area contributed by atoms with Crippen LogP contribution in [0.2, 0.25) is 0 Å². The Morgan fingerprint density at radius 3 is 2.44 bits per heavy atom. The highest BCUT2D eigenvalue weighted by atomic mass is 16.2. The number of amides is 3. The van der Waals surface area contributed by atoms with E-state index in [4.69, 9.17) is 0 Å². The summed E-state index contributed by atoms with van der Waals surface area (Å²) >= 11 is 0. The summed E-state index contributed by atoms with van der Waals surface area (Å²) in [6.07, 6.45) is 1.83. The van der Waals surface area contributed by atoms with E-state index in [9.17, 15) is 9.59 Å². The van der Waals surface area contributed by atoms with Crippen molar-refractivity contribution in [3.8, 4) is 0 Å². The molecule has 27 heavy (non-hydrogen) atoms. The van der Waals surface area contributed by atoms with Crippen LogP contribution in [0.3, 0.4) is 0 Å². The third-order valence-electron chi connectivity index (χ3n) is 4.82. The molecule has 1 aliphatic heterocycles. The second-order valence-corrected chi connectivity index (χ2v) is 7.39. The van der Waals surface area contributed by atoms with Gasteiger partial charge < -0.3 is 15.5 Å². The zero-order chi connectivity index (χ0) is 19.2. The maximum Gasteiger partial charge on any atom is 0.322 e. The summed E-state index contributed by atoms with van der Waals surface area (Å²) in [5, 5.41) is 5.84. The third-order valence-corrected chi connectivity index (χ3v) is 4.82. The molecule has 0 spiro atoms. The molecular formula is C22H27N3O2. The Morgan fingerprint density at radius 2 is 1.74 bits per heavy atom. The average Bonchev–Trinajstić information content (AvgIpc) is 2.67. The SMILES string of the molecule is CC(C)CCNC(=O)c1ccc(NC(=O)N2CCc3ccccc3C2)cc1. The van der Waals surface area contributed by atoms with E-state index in [-0.39, 0.29) is 11.9 Å². The molecule has 0 fully saturated rings. The first-order valence-corrected chi connectivity index (χ1v) is 9.54. The molecule has 142 valence electrons. The highest BCUT2D eigenvalue weighted by Gasteiger charge is 2.20. The Labute approximate surface area is 160 Å². The number of hydrogen-bond donors (Lipinski definition) is 2. The van der Waals surface area contributed by atoms with E-state index in [1.807, 2.05) is 17.0 Å². The molecule has 5 nitrogen and oxygen atoms in total. The molecule has 2 aromatic rings. The summed E-state index contributed by atoms with van der Waals surface area (Å²) in [7, 11) is 0. The van der Waals surface area contributed by atoms with E-state index < -0.39 is 0 Å². The fraction of sp³-hybridized carbons (Fsp3) is 0.364. The molecule has 2 aromatic carbocycles. The van der Waals surface area contributed by atoms with Crippen molar-refractivity contribution >= 4 is 17.6 Å². The van der Waals surface area contributed by atoms with Crippen LogP contribution in [-0.2, 0) is 13.0 Å². The summed E-state index contributed by atoms with van der Waals surface area (Å²) < 4.78 is 0. The molecule has 2 N–H and O–H groups in total. The molecular weight excluding hydrogens is 338 g/mol. The molecule has 5 heteroatoms. The second kappa shape index (κ2) is 8.71. The number of urea groups is 1. The van der Waals surface area contributed by atoms with Crippen molar-refractivity contribution in [2.24, 2.45) is 5.92 Å². The van der Waals surface area contributed by atoms with Crippen molar-refractivity contribution < 1.29 is 9.59 Å². The summed E-state index contributed by atoms with van der Waals surface area (Å²) in [4.78, 5) is 26.5. The number of benzene rings is 2. The smallest absolute Gasteiger partial charge is 0.322 e. The molecule has 0 aliphatic carbocycles. The van der Waals surface area contributed by atoms with E-state index in [0.717, 1.165) is 12.8 Å². The van der Waals surface area contributed by atoms with Crippen LogP contribution in [-0.4, -0.2) is 29.9 Å². The Bertz CT molecular complexity index is 799. The van der Waals surface area contributed by atoms with Gasteiger partial charge >= 0.3 is 6.03 Å². The van der Waals surface area contributed by atoms with Gasteiger partial charge in [0, 0.05) is 30.9 Å². The van der Waals surface area contributed by atoms with Crippen LogP contribution in [0, 0.1) is 5.92 Å². The maximum atomic E-state index is 12.5. The Morgan fingerprint density at radius 1 is 1.04 bits per heavy atom. The van der Waals surface area contributed by atoms with Crippen LogP contribution >= 0.6 is 0 Å². The standard InChI is InChI=1S/C22H27N3O2/c1-16(2)11-13-23-21(26)18-7-9-20(10-8-18)24-22(27)25-14-12-17-5-3-4-6-19(17)15-25/h3-10,16H,11-15H2,1-2H3,(H,23,26)(H,24,27). The maximum absolute atomic E-state index is 12.5. The van der Waals surface area contributed by atoms with Crippen molar-refractivity contribution in [1.82, 2.24) is 10.2 Å². The second-order valence-electron chi connectivity index (χ2n) is 7.39. The zero-order valence-electron chi connectivity index (χ0n) is 16.0. The molecule has 0 saturated carbocycles. The lowest BCUT2D eigenvalue weighted by atomic mass is 10.0. The Balaban J connectivity index is 1.54. The van der Waals surface area contributed by atoms with Crippen molar-refractivity contribution in [2.45, 2.75) is 33.2 Å². The predicted molar refractivity (Wildman–Crippen MR) is 108 cm³/mol. The van der Waals surface area contributed by atoms with Gasteiger partial charge in [0.25, 0.3) is 5.91 Å². The van der Waals surface area contributed by atoms with Crippen molar-refractivity contribution in [3.05, 3.63) is 65.2 Å². The van der Waals surface area contributed by atoms with Gasteiger partial charge in [0.1, 0.15) is 0 Å². The topological polar surface area (TPSA) is 61.4 Å². The summed E-state index contributed by atoms with van der Waals surface area (Å²) in [6, 6.07) is 15.1. The third kappa shape index (κ3) is 5.09. The lowest BCUT2D eigenvalue weighted by Crippen LogP contribution is -2.38. The number of nitrogens with zero attached hydrogens (tertiary/aromatic N) is 1. The molecule has 1 heterocycles. The van der Waals surface area contributed by atoms with E-state index >= 15 is 0 Å². The van der Waals surface area contributed by atoms with Crippen LogP contribution in [0.5, 0.6) is 0 Å². The molecule has 0 saturated heterocycles. The molecule has 0 radical (unpaired) electrons. The first-order valence-electron chi connectivity index (χ1n) is 9.54. The number of carbonyl (C=O) groups is 2. The van der Waals surface area contributed by atoms with Gasteiger partial charge in [0.15, 0.2) is 0 Å². The van der Waals surface area contributed by atoms with Crippen LogP contribution in [0.25, 0.3) is 0 Å². The quantitative estimate of drug-likeness (QED) is 0.840. The van der Waals surface area contributed by atoms with E-state index in [1.165, 1.54) is 11.1 Å². The van der Waals surface area contributed by atoms with Gasteiger partial charge in [-0.3, -0.25) is 4.79 Å². The Hall–Kier alpha value is -2.82. The minimum Gasteiger partial charge on any atom is -0.352 e. The van der Waals surface area contributed by atoms with Gasteiger partial charge in [-0.15, -0.1) is 0 Å². The van der Waals surface area contributed by atoms with Gasteiger partial charge in [0.2, 0.25) is 0 Å². The van der Waals surface area contributed by atoms with Crippen LogP contribution in [0.15, 0.2) is 48.5 Å². The lowest BCUT2D eigenvalue weighted by molar-refractivity contribution is 0.0952. The molecule has 1 aliphatic rings. The minimum atomic E-state index is -0.112. The zero-order valence-corrected chi connectivity index (χ0v) is 16.0. The molecule has 0 atom stereocenters. The van der Waals surface area contributed by atoms with Gasteiger partial charge in [-0.25, -0.2) is 4.79 Å². The van der Waals surface area contributed by atoms with Gasteiger partial charge in [-0.2, -0.15) is 0 Å². The molecule has 0 bridgehead atoms. The predicted octanol–water partition coefficient (Wildman–Crippen LogP) is 4.05. The van der Waals surface area contributed by atoms with Crippen molar-refractivity contribution in [2.75, 3.05) is 18.4 Å². The monoisotopic (exact) mass is 365 g/mol. The molecule has 3 rings (SSSR count). The highest BCUT2D eigenvalue weighted by molar-refractivity contribution is 5.95. The summed E-state index contributed by atoms with van der Waals surface area (Å²) in [5.74, 6) is 0.478. The number of hydrogen-bond acceptors (Lipinski definition) is 2. The largest absolute Gasteiger partial charge is 0.352 e. The van der Waals surface area contributed by atoms with Crippen molar-refractivity contribution in [1.29, 1.82) is 0 Å². The van der Waals surface area contributed by atoms with Gasteiger partial charge in [0.05, 0.1) is 0 Å². The average molecular weight is 365 g/mol. The van der Waals surface area contributed by atoms with Gasteiger partial charge in [-0.05, 0) is 54.2 Å². The highest BCUT2D eigenvalue weighted by Crippen LogP contribution is 2.19. The number of carbonyl (C=O) groups excluding carboxylic acids is 2. The minimum absolute atomic E-state index is 0.0823. The van der Waals surface area contributed by atoms with E-state index in [1.54, 1.807) is 24.3 Å². The molecule has 3 amide bonds. The first kappa shape index (κ1) is 19.0. The van der Waals surface area contributed by atoms with Crippen LogP contribution in [0.4, 0.5) is 10.5 Å². The van der Waals surface area contributed by atoms with E-state index in [2.05, 4.69) is 36.6 Å². The Kier molecular flexibility index (Phi) is 6.12. The summed E-state index contributed by atoms with van der Waals surface area (Å²) in [5.41, 5.74) is 3.81.